The number of amides is 1. The molecule has 2 aromatic heterocycles. The zero-order valence-corrected chi connectivity index (χ0v) is 18.2. The molecule has 2 aromatic carbocycles. The number of hydrogen-bond acceptors (Lipinski definition) is 5. The standard InChI is InChI=1S/C25H22FN3O2S/c26-20-8-6-19(7-9-20)24-27-21(17-32-24)16-28-11-13-29(14-12-28)25(30)23-22(10-15-31-23)18-4-2-1-3-5-18/h1-10,15,17H,11-14,16H2. The van der Waals surface area contributed by atoms with Crippen LogP contribution in [0.3, 0.4) is 0 Å². The summed E-state index contributed by atoms with van der Waals surface area (Å²) < 4.78 is 18.7. The lowest BCUT2D eigenvalue weighted by atomic mass is 10.1. The highest BCUT2D eigenvalue weighted by molar-refractivity contribution is 7.13. The summed E-state index contributed by atoms with van der Waals surface area (Å²) in [5.74, 6) is 0.0808. The number of nitrogens with zero attached hydrogens (tertiary/aromatic N) is 3. The average Bonchev–Trinajstić information content (AvgIpc) is 3.50. The molecule has 1 aliphatic heterocycles. The third-order valence-corrected chi connectivity index (χ3v) is 6.57. The molecule has 5 nitrogen and oxygen atoms in total. The van der Waals surface area contributed by atoms with E-state index in [1.54, 1.807) is 29.7 Å². The summed E-state index contributed by atoms with van der Waals surface area (Å²) in [5, 5.41) is 2.94. The molecular weight excluding hydrogens is 425 g/mol. The molecule has 1 saturated heterocycles. The minimum absolute atomic E-state index is 0.0687. The summed E-state index contributed by atoms with van der Waals surface area (Å²) in [6.07, 6.45) is 1.58. The fraction of sp³-hybridized carbons (Fsp3) is 0.200. The summed E-state index contributed by atoms with van der Waals surface area (Å²) in [4.78, 5) is 21.9. The van der Waals surface area contributed by atoms with E-state index >= 15 is 0 Å². The van der Waals surface area contributed by atoms with Crippen molar-refractivity contribution >= 4 is 17.2 Å². The van der Waals surface area contributed by atoms with Gasteiger partial charge in [-0.25, -0.2) is 9.37 Å². The zero-order valence-electron chi connectivity index (χ0n) is 17.4. The molecule has 1 amide bonds. The van der Waals surface area contributed by atoms with Crippen LogP contribution in [0.1, 0.15) is 16.2 Å². The number of carbonyl (C=O) groups is 1. The topological polar surface area (TPSA) is 49.6 Å². The van der Waals surface area contributed by atoms with Crippen LogP contribution in [0.15, 0.2) is 76.7 Å². The highest BCUT2D eigenvalue weighted by Crippen LogP contribution is 2.27. The lowest BCUT2D eigenvalue weighted by molar-refractivity contribution is 0.0597. The summed E-state index contributed by atoms with van der Waals surface area (Å²) in [7, 11) is 0. The van der Waals surface area contributed by atoms with Gasteiger partial charge in [0, 0.05) is 49.2 Å². The maximum atomic E-state index is 13.1. The Hall–Kier alpha value is -3.29. The van der Waals surface area contributed by atoms with Gasteiger partial charge < -0.3 is 9.32 Å². The lowest BCUT2D eigenvalue weighted by Crippen LogP contribution is -2.48. The first-order valence-electron chi connectivity index (χ1n) is 10.5. The van der Waals surface area contributed by atoms with Crippen molar-refractivity contribution in [3.05, 3.63) is 89.6 Å². The zero-order chi connectivity index (χ0) is 21.9. The van der Waals surface area contributed by atoms with Gasteiger partial charge in [0.2, 0.25) is 0 Å². The third kappa shape index (κ3) is 4.35. The van der Waals surface area contributed by atoms with E-state index in [9.17, 15) is 9.18 Å². The van der Waals surface area contributed by atoms with Crippen molar-refractivity contribution in [2.24, 2.45) is 0 Å². The van der Waals surface area contributed by atoms with Crippen LogP contribution in [0.4, 0.5) is 4.39 Å². The van der Waals surface area contributed by atoms with Gasteiger partial charge in [0.15, 0.2) is 5.76 Å². The minimum Gasteiger partial charge on any atom is -0.459 e. The van der Waals surface area contributed by atoms with Gasteiger partial charge in [-0.05, 0) is 35.9 Å². The molecule has 0 spiro atoms. The van der Waals surface area contributed by atoms with Crippen molar-refractivity contribution in [1.29, 1.82) is 0 Å². The maximum Gasteiger partial charge on any atom is 0.290 e. The Balaban J connectivity index is 1.20. The van der Waals surface area contributed by atoms with E-state index in [0.29, 0.717) is 18.8 Å². The fourth-order valence-electron chi connectivity index (χ4n) is 3.91. The Morgan fingerprint density at radius 3 is 2.47 bits per heavy atom. The lowest BCUT2D eigenvalue weighted by Gasteiger charge is -2.34. The molecule has 0 unspecified atom stereocenters. The van der Waals surface area contributed by atoms with Crippen molar-refractivity contribution in [2.75, 3.05) is 26.2 Å². The summed E-state index contributed by atoms with van der Waals surface area (Å²) in [6.45, 7) is 3.56. The molecular formula is C25H22FN3O2S. The molecule has 162 valence electrons. The summed E-state index contributed by atoms with van der Waals surface area (Å²) in [5.41, 5.74) is 3.72. The first kappa shape index (κ1) is 20.6. The number of hydrogen-bond donors (Lipinski definition) is 0. The largest absolute Gasteiger partial charge is 0.459 e. The van der Waals surface area contributed by atoms with Crippen LogP contribution in [-0.4, -0.2) is 46.9 Å². The van der Waals surface area contributed by atoms with E-state index < -0.39 is 0 Å². The van der Waals surface area contributed by atoms with E-state index in [2.05, 4.69) is 4.90 Å². The fourth-order valence-corrected chi connectivity index (χ4v) is 4.72. The Labute approximate surface area is 189 Å². The van der Waals surface area contributed by atoms with Crippen LogP contribution in [0, 0.1) is 5.82 Å². The Kier molecular flexibility index (Phi) is 5.83. The van der Waals surface area contributed by atoms with E-state index in [4.69, 9.17) is 9.40 Å². The van der Waals surface area contributed by atoms with Gasteiger partial charge in [0.25, 0.3) is 5.91 Å². The van der Waals surface area contributed by atoms with Crippen molar-refractivity contribution in [3.63, 3.8) is 0 Å². The molecule has 0 N–H and O–H groups in total. The number of furan rings is 1. The van der Waals surface area contributed by atoms with Crippen LogP contribution in [-0.2, 0) is 6.54 Å². The molecule has 1 fully saturated rings. The molecule has 32 heavy (non-hydrogen) atoms. The molecule has 0 radical (unpaired) electrons. The van der Waals surface area contributed by atoms with Gasteiger partial charge in [-0.3, -0.25) is 9.69 Å². The number of thiazole rings is 1. The average molecular weight is 448 g/mol. The number of benzene rings is 2. The summed E-state index contributed by atoms with van der Waals surface area (Å²) in [6, 6.07) is 18.1. The Bertz CT molecular complexity index is 1200. The first-order valence-corrected chi connectivity index (χ1v) is 11.4. The number of rotatable bonds is 5. The Morgan fingerprint density at radius 2 is 1.72 bits per heavy atom. The Morgan fingerprint density at radius 1 is 0.969 bits per heavy atom. The molecule has 7 heteroatoms. The quantitative estimate of drug-likeness (QED) is 0.424. The van der Waals surface area contributed by atoms with Crippen LogP contribution < -0.4 is 0 Å². The van der Waals surface area contributed by atoms with Crippen LogP contribution in [0.2, 0.25) is 0 Å². The molecule has 0 bridgehead atoms. The predicted octanol–water partition coefficient (Wildman–Crippen LogP) is 5.17. The molecule has 3 heterocycles. The first-order chi connectivity index (χ1) is 15.7. The van der Waals surface area contributed by atoms with Crippen molar-refractivity contribution in [3.8, 4) is 21.7 Å². The predicted molar refractivity (Wildman–Crippen MR) is 123 cm³/mol. The monoisotopic (exact) mass is 447 g/mol. The van der Waals surface area contributed by atoms with Crippen molar-refractivity contribution < 1.29 is 13.6 Å². The van der Waals surface area contributed by atoms with Crippen molar-refractivity contribution in [1.82, 2.24) is 14.8 Å². The van der Waals surface area contributed by atoms with Gasteiger partial charge in [-0.15, -0.1) is 11.3 Å². The second-order valence-electron chi connectivity index (χ2n) is 7.75. The van der Waals surface area contributed by atoms with Crippen LogP contribution in [0.25, 0.3) is 21.7 Å². The number of piperazine rings is 1. The SMILES string of the molecule is O=C(c1occc1-c1ccccc1)N1CCN(Cc2csc(-c3ccc(F)cc3)n2)CC1. The van der Waals surface area contributed by atoms with E-state index in [1.165, 1.54) is 12.1 Å². The van der Waals surface area contributed by atoms with Gasteiger partial charge >= 0.3 is 0 Å². The van der Waals surface area contributed by atoms with Crippen LogP contribution in [0.5, 0.6) is 0 Å². The van der Waals surface area contributed by atoms with E-state index in [1.807, 2.05) is 46.7 Å². The maximum absolute atomic E-state index is 13.1. The normalized spacial score (nSPS) is 14.6. The number of halogens is 1. The van der Waals surface area contributed by atoms with Gasteiger partial charge in [-0.1, -0.05) is 30.3 Å². The number of aromatic nitrogens is 1. The van der Waals surface area contributed by atoms with Crippen molar-refractivity contribution in [2.45, 2.75) is 6.54 Å². The second kappa shape index (κ2) is 9.06. The van der Waals surface area contributed by atoms with E-state index in [-0.39, 0.29) is 11.7 Å². The molecule has 5 rings (SSSR count). The van der Waals surface area contributed by atoms with Crippen LogP contribution >= 0.6 is 11.3 Å². The third-order valence-electron chi connectivity index (χ3n) is 5.63. The van der Waals surface area contributed by atoms with Gasteiger partial charge in [-0.2, -0.15) is 0 Å². The molecule has 0 saturated carbocycles. The van der Waals surface area contributed by atoms with E-state index in [0.717, 1.165) is 47.0 Å². The highest BCUT2D eigenvalue weighted by atomic mass is 32.1. The minimum atomic E-state index is -0.247. The molecule has 0 aliphatic carbocycles. The highest BCUT2D eigenvalue weighted by Gasteiger charge is 2.26. The van der Waals surface area contributed by atoms with Gasteiger partial charge in [0.1, 0.15) is 10.8 Å². The number of carbonyl (C=O) groups excluding carboxylic acids is 1. The smallest absolute Gasteiger partial charge is 0.290 e. The molecule has 0 atom stereocenters. The molecule has 1 aliphatic rings. The van der Waals surface area contributed by atoms with Gasteiger partial charge in [0.05, 0.1) is 12.0 Å². The second-order valence-corrected chi connectivity index (χ2v) is 8.61. The summed E-state index contributed by atoms with van der Waals surface area (Å²) >= 11 is 1.56. The molecule has 4 aromatic rings.